The second kappa shape index (κ2) is 11.4. The number of aromatic nitrogens is 3. The summed E-state index contributed by atoms with van der Waals surface area (Å²) < 4.78 is 24.0. The van der Waals surface area contributed by atoms with Crippen LogP contribution in [0.3, 0.4) is 0 Å². The maximum atomic E-state index is 13.0. The fraction of sp³-hybridized carbons (Fsp3) is 0.280. The standard InChI is InChI=1S/C25H26FN3O2S2/c1-30-19-10-11-20-21(15-19)29-25(28-20)33-16-22-24(31-2)23(12-13-27-22)32-14-4-3-5-17-6-8-18(26)9-7-17/h6-13,15H,3-5,14,16H2,1-2H3,(H,28,29). The fourth-order valence-electron chi connectivity index (χ4n) is 3.47. The van der Waals surface area contributed by atoms with Crippen LogP contribution >= 0.6 is 23.5 Å². The molecule has 172 valence electrons. The molecule has 0 atom stereocenters. The third-order valence-electron chi connectivity index (χ3n) is 5.19. The SMILES string of the molecule is COc1ccc2nc(SCc3nccc(SCCCCc4ccc(F)cc4)c3OC)[nH]c2c1. The summed E-state index contributed by atoms with van der Waals surface area (Å²) in [7, 11) is 3.35. The number of thioether (sulfide) groups is 2. The third-order valence-corrected chi connectivity index (χ3v) is 7.20. The molecule has 0 amide bonds. The Hall–Kier alpha value is -2.71. The zero-order valence-corrected chi connectivity index (χ0v) is 20.3. The topological polar surface area (TPSA) is 60.0 Å². The lowest BCUT2D eigenvalue weighted by Gasteiger charge is -2.12. The Kier molecular flexibility index (Phi) is 8.12. The number of unbranched alkanes of at least 4 members (excludes halogenated alkanes) is 1. The minimum atomic E-state index is -0.186. The van der Waals surface area contributed by atoms with Gasteiger partial charge in [-0.25, -0.2) is 9.37 Å². The van der Waals surface area contributed by atoms with Gasteiger partial charge in [0.25, 0.3) is 0 Å². The minimum Gasteiger partial charge on any atom is -0.497 e. The van der Waals surface area contributed by atoms with Gasteiger partial charge >= 0.3 is 0 Å². The number of fused-ring (bicyclic) bond motifs is 1. The van der Waals surface area contributed by atoms with Crippen LogP contribution in [-0.2, 0) is 12.2 Å². The molecule has 2 heterocycles. The molecule has 0 aliphatic heterocycles. The molecule has 2 aromatic heterocycles. The van der Waals surface area contributed by atoms with E-state index in [1.54, 1.807) is 37.7 Å². The van der Waals surface area contributed by atoms with Gasteiger partial charge in [0.15, 0.2) is 10.9 Å². The lowest BCUT2D eigenvalue weighted by molar-refractivity contribution is 0.398. The Balaban J connectivity index is 1.32. The van der Waals surface area contributed by atoms with E-state index in [4.69, 9.17) is 9.47 Å². The Morgan fingerprint density at radius 3 is 2.61 bits per heavy atom. The van der Waals surface area contributed by atoms with Gasteiger partial charge in [-0.1, -0.05) is 23.9 Å². The second-order valence-electron chi connectivity index (χ2n) is 7.43. The molecule has 8 heteroatoms. The highest BCUT2D eigenvalue weighted by Crippen LogP contribution is 2.35. The smallest absolute Gasteiger partial charge is 0.166 e. The average molecular weight is 484 g/mol. The molecule has 0 aliphatic carbocycles. The van der Waals surface area contributed by atoms with E-state index in [9.17, 15) is 4.39 Å². The minimum absolute atomic E-state index is 0.186. The Bertz CT molecular complexity index is 1200. The molecule has 2 aromatic carbocycles. The van der Waals surface area contributed by atoms with Crippen LogP contribution in [0, 0.1) is 5.82 Å². The van der Waals surface area contributed by atoms with Crippen molar-refractivity contribution in [1.82, 2.24) is 15.0 Å². The van der Waals surface area contributed by atoms with E-state index in [1.165, 1.54) is 17.7 Å². The number of nitrogens with one attached hydrogen (secondary N) is 1. The number of H-pyrrole nitrogens is 1. The van der Waals surface area contributed by atoms with Gasteiger partial charge in [0.05, 0.1) is 35.8 Å². The molecule has 4 aromatic rings. The number of rotatable bonds is 11. The molecule has 0 aliphatic rings. The Morgan fingerprint density at radius 2 is 1.82 bits per heavy atom. The van der Waals surface area contributed by atoms with Crippen molar-refractivity contribution >= 4 is 34.6 Å². The van der Waals surface area contributed by atoms with Crippen molar-refractivity contribution in [1.29, 1.82) is 0 Å². The van der Waals surface area contributed by atoms with Crippen LogP contribution in [-0.4, -0.2) is 34.9 Å². The van der Waals surface area contributed by atoms with Crippen molar-refractivity contribution in [3.05, 3.63) is 71.8 Å². The number of aromatic amines is 1. The number of methoxy groups -OCH3 is 2. The molecule has 0 radical (unpaired) electrons. The van der Waals surface area contributed by atoms with E-state index in [2.05, 4.69) is 15.0 Å². The number of benzene rings is 2. The molecule has 33 heavy (non-hydrogen) atoms. The predicted octanol–water partition coefficient (Wildman–Crippen LogP) is 6.52. The molecule has 0 fully saturated rings. The summed E-state index contributed by atoms with van der Waals surface area (Å²) >= 11 is 3.38. The van der Waals surface area contributed by atoms with Gasteiger partial charge in [0.1, 0.15) is 11.6 Å². The fourth-order valence-corrected chi connectivity index (χ4v) is 5.35. The summed E-state index contributed by atoms with van der Waals surface area (Å²) in [4.78, 5) is 13.6. The average Bonchev–Trinajstić information content (AvgIpc) is 3.25. The molecule has 5 nitrogen and oxygen atoms in total. The number of aryl methyl sites for hydroxylation is 1. The largest absolute Gasteiger partial charge is 0.497 e. The van der Waals surface area contributed by atoms with E-state index >= 15 is 0 Å². The molecule has 4 rings (SSSR count). The number of ether oxygens (including phenoxy) is 2. The van der Waals surface area contributed by atoms with Crippen LogP contribution in [0.15, 0.2) is 64.8 Å². The monoisotopic (exact) mass is 483 g/mol. The first-order valence-corrected chi connectivity index (χ1v) is 12.7. The van der Waals surface area contributed by atoms with Crippen molar-refractivity contribution in [2.45, 2.75) is 35.1 Å². The van der Waals surface area contributed by atoms with E-state index in [0.29, 0.717) is 5.75 Å². The van der Waals surface area contributed by atoms with Gasteiger partial charge in [0, 0.05) is 18.0 Å². The molecule has 0 saturated heterocycles. The first kappa shape index (κ1) is 23.4. The lowest BCUT2D eigenvalue weighted by Crippen LogP contribution is -1.97. The molecular weight excluding hydrogens is 457 g/mol. The number of hydrogen-bond acceptors (Lipinski definition) is 6. The maximum absolute atomic E-state index is 13.0. The maximum Gasteiger partial charge on any atom is 0.166 e. The van der Waals surface area contributed by atoms with Gasteiger partial charge < -0.3 is 14.5 Å². The zero-order chi connectivity index (χ0) is 23.0. The van der Waals surface area contributed by atoms with Crippen molar-refractivity contribution < 1.29 is 13.9 Å². The molecule has 0 spiro atoms. The quantitative estimate of drug-likeness (QED) is 0.194. The van der Waals surface area contributed by atoms with Crippen molar-refractivity contribution in [3.63, 3.8) is 0 Å². The third kappa shape index (κ3) is 6.21. The van der Waals surface area contributed by atoms with Gasteiger partial charge in [-0.05, 0) is 60.9 Å². The Labute approximate surface area is 201 Å². The lowest BCUT2D eigenvalue weighted by atomic mass is 10.1. The summed E-state index contributed by atoms with van der Waals surface area (Å²) in [5.74, 6) is 3.08. The van der Waals surface area contributed by atoms with Gasteiger partial charge in [-0.3, -0.25) is 4.98 Å². The number of hydrogen-bond donors (Lipinski definition) is 1. The van der Waals surface area contributed by atoms with E-state index in [0.717, 1.165) is 63.3 Å². The van der Waals surface area contributed by atoms with E-state index < -0.39 is 0 Å². The zero-order valence-electron chi connectivity index (χ0n) is 18.6. The molecule has 0 bridgehead atoms. The summed E-state index contributed by atoms with van der Waals surface area (Å²) in [6, 6.07) is 14.6. The molecule has 0 unspecified atom stereocenters. The molecule has 1 N–H and O–H groups in total. The summed E-state index contributed by atoms with van der Waals surface area (Å²) in [5.41, 5.74) is 3.92. The van der Waals surface area contributed by atoms with E-state index in [1.807, 2.05) is 42.6 Å². The number of halogens is 1. The van der Waals surface area contributed by atoms with Crippen LogP contribution in [0.25, 0.3) is 11.0 Å². The number of imidazole rings is 1. The molecule has 0 saturated carbocycles. The number of nitrogens with zero attached hydrogens (tertiary/aromatic N) is 2. The van der Waals surface area contributed by atoms with Crippen LogP contribution < -0.4 is 9.47 Å². The van der Waals surface area contributed by atoms with E-state index in [-0.39, 0.29) is 5.82 Å². The summed E-state index contributed by atoms with van der Waals surface area (Å²) in [5, 5.41) is 0.834. The molecular formula is C25H26FN3O2S2. The second-order valence-corrected chi connectivity index (χ2v) is 9.54. The predicted molar refractivity (Wildman–Crippen MR) is 133 cm³/mol. The van der Waals surface area contributed by atoms with Crippen LogP contribution in [0.1, 0.15) is 24.1 Å². The normalized spacial score (nSPS) is 11.1. The van der Waals surface area contributed by atoms with Gasteiger partial charge in [0.2, 0.25) is 0 Å². The van der Waals surface area contributed by atoms with Gasteiger partial charge in [-0.15, -0.1) is 11.8 Å². The first-order chi connectivity index (χ1) is 16.2. The number of pyridine rings is 1. The summed E-state index contributed by atoms with van der Waals surface area (Å²) in [6.45, 7) is 0. The summed E-state index contributed by atoms with van der Waals surface area (Å²) in [6.07, 6.45) is 4.92. The van der Waals surface area contributed by atoms with Crippen molar-refractivity contribution in [2.75, 3.05) is 20.0 Å². The van der Waals surface area contributed by atoms with Crippen molar-refractivity contribution in [3.8, 4) is 11.5 Å². The highest BCUT2D eigenvalue weighted by atomic mass is 32.2. The van der Waals surface area contributed by atoms with Gasteiger partial charge in [-0.2, -0.15) is 0 Å². The highest BCUT2D eigenvalue weighted by Gasteiger charge is 2.13. The van der Waals surface area contributed by atoms with Crippen LogP contribution in [0.2, 0.25) is 0 Å². The van der Waals surface area contributed by atoms with Crippen LogP contribution in [0.5, 0.6) is 11.5 Å². The Morgan fingerprint density at radius 1 is 0.970 bits per heavy atom. The highest BCUT2D eigenvalue weighted by molar-refractivity contribution is 7.99. The first-order valence-electron chi connectivity index (χ1n) is 10.7. The van der Waals surface area contributed by atoms with Crippen molar-refractivity contribution in [2.24, 2.45) is 0 Å². The van der Waals surface area contributed by atoms with Crippen LogP contribution in [0.4, 0.5) is 4.39 Å².